The summed E-state index contributed by atoms with van der Waals surface area (Å²) in [7, 11) is 0. The summed E-state index contributed by atoms with van der Waals surface area (Å²) >= 11 is 0. The molecule has 0 bridgehead atoms. The second-order valence-corrected chi connectivity index (χ2v) is 7.16. The van der Waals surface area contributed by atoms with E-state index in [0.29, 0.717) is 17.0 Å². The van der Waals surface area contributed by atoms with Crippen LogP contribution in [0, 0.1) is 22.7 Å². The number of aromatic nitrogens is 2. The molecule has 2 aromatic rings. The largest absolute Gasteiger partial charge is 0.342 e. The predicted octanol–water partition coefficient (Wildman–Crippen LogP) is 6.33. The van der Waals surface area contributed by atoms with Gasteiger partial charge in [0.15, 0.2) is 0 Å². The number of nitrogens with one attached hydrogen (secondary N) is 1. The molecule has 4 nitrogen and oxygen atoms in total. The molecule has 0 aliphatic rings. The number of rotatable bonds is 11. The molecule has 4 heteroatoms. The van der Waals surface area contributed by atoms with Crippen molar-refractivity contribution in [2.75, 3.05) is 0 Å². The molecule has 1 aromatic carbocycles. The number of benzene rings is 1. The number of nitrogens with zero attached hydrogens (tertiary/aromatic N) is 3. The fraction of sp³-hybridized carbons (Fsp3) is 0.591. The van der Waals surface area contributed by atoms with Crippen LogP contribution >= 0.6 is 0 Å². The van der Waals surface area contributed by atoms with Crippen molar-refractivity contribution in [3.63, 3.8) is 0 Å². The highest BCUT2D eigenvalue weighted by Crippen LogP contribution is 2.29. The van der Waals surface area contributed by atoms with Crippen LogP contribution < -0.4 is 0 Å². The Hall–Kier alpha value is -2.33. The number of imidazole rings is 1. The average Bonchev–Trinajstić information content (AvgIpc) is 3.08. The number of unbranched alkanes of at least 4 members (excludes halogenated alkanes) is 6. The van der Waals surface area contributed by atoms with E-state index < -0.39 is 0 Å². The monoisotopic (exact) mass is 350 g/mol. The first-order valence-electron chi connectivity index (χ1n) is 10.1. The Balaban J connectivity index is 2.19. The smallest absolute Gasteiger partial charge is 0.110 e. The Bertz CT molecular complexity index is 713. The molecule has 0 atom stereocenters. The maximum atomic E-state index is 9.22. The van der Waals surface area contributed by atoms with Gasteiger partial charge in [0.1, 0.15) is 18.0 Å². The highest BCUT2D eigenvalue weighted by molar-refractivity contribution is 5.79. The lowest BCUT2D eigenvalue weighted by atomic mass is 9.94. The maximum Gasteiger partial charge on any atom is 0.110 e. The topological polar surface area (TPSA) is 76.3 Å². The molecule has 0 radical (unpaired) electrons. The summed E-state index contributed by atoms with van der Waals surface area (Å²) in [6.07, 6.45) is 12.4. The van der Waals surface area contributed by atoms with E-state index in [0.717, 1.165) is 29.7 Å². The van der Waals surface area contributed by atoms with E-state index in [-0.39, 0.29) is 0 Å². The molecule has 0 unspecified atom stereocenters. The minimum Gasteiger partial charge on any atom is -0.342 e. The summed E-state index contributed by atoms with van der Waals surface area (Å²) in [5.74, 6) is 1.46. The number of H-pyrrole nitrogens is 1. The van der Waals surface area contributed by atoms with Crippen LogP contribution in [0.5, 0.6) is 0 Å². The summed E-state index contributed by atoms with van der Waals surface area (Å²) in [5.41, 5.74) is 2.48. The Morgan fingerprint density at radius 3 is 2.00 bits per heavy atom. The van der Waals surface area contributed by atoms with Gasteiger partial charge in [-0.15, -0.1) is 0 Å². The van der Waals surface area contributed by atoms with Crippen molar-refractivity contribution < 1.29 is 0 Å². The molecule has 0 saturated heterocycles. The molecule has 1 aromatic heterocycles. The van der Waals surface area contributed by atoms with E-state index in [4.69, 9.17) is 4.98 Å². The molecule has 0 spiro atoms. The van der Waals surface area contributed by atoms with E-state index in [1.165, 1.54) is 51.4 Å². The second-order valence-electron chi connectivity index (χ2n) is 7.16. The van der Waals surface area contributed by atoms with E-state index in [9.17, 15) is 10.5 Å². The van der Waals surface area contributed by atoms with Crippen LogP contribution in [0.25, 0.3) is 11.0 Å². The first-order chi connectivity index (χ1) is 12.7. The molecule has 0 aliphatic carbocycles. The van der Waals surface area contributed by atoms with Crippen molar-refractivity contribution in [2.45, 2.75) is 84.0 Å². The zero-order valence-electron chi connectivity index (χ0n) is 16.1. The fourth-order valence-electron chi connectivity index (χ4n) is 3.51. The van der Waals surface area contributed by atoms with E-state index in [1.54, 1.807) is 12.1 Å². The van der Waals surface area contributed by atoms with Crippen LogP contribution in [0.1, 0.15) is 101 Å². The normalized spacial score (nSPS) is 11.0. The summed E-state index contributed by atoms with van der Waals surface area (Å²) in [5, 5.41) is 18.4. The van der Waals surface area contributed by atoms with Gasteiger partial charge in [-0.25, -0.2) is 4.98 Å². The highest BCUT2D eigenvalue weighted by atomic mass is 14.9. The number of nitriles is 2. The van der Waals surface area contributed by atoms with Crippen LogP contribution in [-0.2, 0) is 0 Å². The molecular formula is C22H30N4. The summed E-state index contributed by atoms with van der Waals surface area (Å²) in [6, 6.07) is 7.70. The number of aromatic amines is 1. The predicted molar refractivity (Wildman–Crippen MR) is 106 cm³/mol. The fourth-order valence-corrected chi connectivity index (χ4v) is 3.51. The summed E-state index contributed by atoms with van der Waals surface area (Å²) in [4.78, 5) is 8.21. The quantitative estimate of drug-likeness (QED) is 0.481. The van der Waals surface area contributed by atoms with Crippen molar-refractivity contribution in [3.8, 4) is 12.1 Å². The molecule has 1 N–H and O–H groups in total. The van der Waals surface area contributed by atoms with Gasteiger partial charge in [0.25, 0.3) is 0 Å². The van der Waals surface area contributed by atoms with Gasteiger partial charge >= 0.3 is 0 Å². The SMILES string of the molecule is CCCCCCC(CCCCCC)c1nc2cc(C#N)c(C#N)cc2[nH]1. The van der Waals surface area contributed by atoms with E-state index in [1.807, 2.05) is 0 Å². The minimum absolute atomic E-state index is 0.403. The minimum atomic E-state index is 0.403. The third-order valence-corrected chi connectivity index (χ3v) is 5.08. The van der Waals surface area contributed by atoms with Crippen LogP contribution in [0.15, 0.2) is 12.1 Å². The van der Waals surface area contributed by atoms with Gasteiger partial charge in [-0.2, -0.15) is 10.5 Å². The summed E-state index contributed by atoms with van der Waals surface area (Å²) < 4.78 is 0. The van der Waals surface area contributed by atoms with Gasteiger partial charge in [-0.05, 0) is 25.0 Å². The second kappa shape index (κ2) is 10.6. The maximum absolute atomic E-state index is 9.22. The van der Waals surface area contributed by atoms with Gasteiger partial charge in [-0.3, -0.25) is 0 Å². The molecule has 0 amide bonds. The highest BCUT2D eigenvalue weighted by Gasteiger charge is 2.17. The van der Waals surface area contributed by atoms with Crippen molar-refractivity contribution >= 4 is 11.0 Å². The number of hydrogen-bond donors (Lipinski definition) is 1. The lowest BCUT2D eigenvalue weighted by Gasteiger charge is -2.14. The molecule has 0 saturated carbocycles. The molecule has 138 valence electrons. The van der Waals surface area contributed by atoms with Gasteiger partial charge in [-0.1, -0.05) is 65.2 Å². The van der Waals surface area contributed by atoms with Crippen LogP contribution in [0.3, 0.4) is 0 Å². The van der Waals surface area contributed by atoms with Crippen LogP contribution in [0.4, 0.5) is 0 Å². The van der Waals surface area contributed by atoms with Crippen molar-refractivity contribution in [2.24, 2.45) is 0 Å². The summed E-state index contributed by atoms with van der Waals surface area (Å²) in [6.45, 7) is 4.47. The Morgan fingerprint density at radius 1 is 0.885 bits per heavy atom. The molecule has 0 fully saturated rings. The molecule has 1 heterocycles. The third-order valence-electron chi connectivity index (χ3n) is 5.08. The van der Waals surface area contributed by atoms with Gasteiger partial charge in [0.05, 0.1) is 22.2 Å². The van der Waals surface area contributed by atoms with Crippen molar-refractivity contribution in [1.29, 1.82) is 10.5 Å². The zero-order valence-corrected chi connectivity index (χ0v) is 16.1. The molecule has 26 heavy (non-hydrogen) atoms. The first kappa shape index (κ1) is 20.0. The number of fused-ring (bicyclic) bond motifs is 1. The lowest BCUT2D eigenvalue weighted by molar-refractivity contribution is 0.483. The van der Waals surface area contributed by atoms with E-state index >= 15 is 0 Å². The zero-order chi connectivity index (χ0) is 18.8. The van der Waals surface area contributed by atoms with Crippen molar-refractivity contribution in [1.82, 2.24) is 9.97 Å². The molecule has 2 rings (SSSR count). The van der Waals surface area contributed by atoms with E-state index in [2.05, 4.69) is 31.0 Å². The number of hydrogen-bond acceptors (Lipinski definition) is 3. The van der Waals surface area contributed by atoms with Gasteiger partial charge < -0.3 is 4.98 Å². The average molecular weight is 351 g/mol. The standard InChI is InChI=1S/C22H30N4/c1-3-5-7-9-11-17(12-10-8-6-4-2)22-25-20-13-18(15-23)19(16-24)14-21(20)26-22/h13-14,17H,3-12H2,1-2H3,(H,25,26). The van der Waals surface area contributed by atoms with Gasteiger partial charge in [0.2, 0.25) is 0 Å². The van der Waals surface area contributed by atoms with Crippen molar-refractivity contribution in [3.05, 3.63) is 29.1 Å². The lowest BCUT2D eigenvalue weighted by Crippen LogP contribution is -2.02. The Kier molecular flexibility index (Phi) is 8.16. The van der Waals surface area contributed by atoms with Gasteiger partial charge in [0, 0.05) is 5.92 Å². The molecular weight excluding hydrogens is 320 g/mol. The third kappa shape index (κ3) is 5.33. The molecule has 0 aliphatic heterocycles. The first-order valence-corrected chi connectivity index (χ1v) is 10.1. The Labute approximate surface area is 157 Å². The van der Waals surface area contributed by atoms with Crippen LogP contribution in [0.2, 0.25) is 0 Å². The van der Waals surface area contributed by atoms with Crippen LogP contribution in [-0.4, -0.2) is 9.97 Å². The Morgan fingerprint density at radius 2 is 1.46 bits per heavy atom.